The standard InChI is InChI=1S/C27H33N5O9/c1-2-40-27(39)31-11-9-30(10-12-31)26(38)20(7-8-24(35)36)29-25(37)21-13-22(18-5-3-4-6-19(18)28-21)41-16-23(34)32-14-17(33)15-32/h3-6,13,17,20,33H,2,7-12,14-16H2,1H3,(H,29,37)(H,35,36)/t20-/m0/s1. The van der Waals surface area contributed by atoms with E-state index in [4.69, 9.17) is 9.47 Å². The van der Waals surface area contributed by atoms with Gasteiger partial charge in [-0.25, -0.2) is 9.78 Å². The second-order valence-electron chi connectivity index (χ2n) is 9.73. The van der Waals surface area contributed by atoms with Crippen LogP contribution in [0.25, 0.3) is 10.9 Å². The number of carbonyl (C=O) groups is 5. The number of para-hydroxylation sites is 1. The first-order valence-corrected chi connectivity index (χ1v) is 13.4. The largest absolute Gasteiger partial charge is 0.483 e. The summed E-state index contributed by atoms with van der Waals surface area (Å²) in [6, 6.07) is 7.10. The van der Waals surface area contributed by atoms with Gasteiger partial charge in [-0.3, -0.25) is 19.2 Å². The van der Waals surface area contributed by atoms with Crippen LogP contribution >= 0.6 is 0 Å². The highest BCUT2D eigenvalue weighted by atomic mass is 16.6. The molecule has 1 atom stereocenters. The molecule has 3 N–H and O–H groups in total. The third-order valence-corrected chi connectivity index (χ3v) is 6.84. The second-order valence-corrected chi connectivity index (χ2v) is 9.73. The fourth-order valence-corrected chi connectivity index (χ4v) is 4.57. The van der Waals surface area contributed by atoms with Crippen molar-refractivity contribution in [2.45, 2.75) is 31.9 Å². The maximum Gasteiger partial charge on any atom is 0.409 e. The number of ether oxygens (including phenoxy) is 2. The number of carbonyl (C=O) groups excluding carboxylic acids is 4. The number of benzene rings is 1. The van der Waals surface area contributed by atoms with Gasteiger partial charge in [-0.15, -0.1) is 0 Å². The van der Waals surface area contributed by atoms with Crippen LogP contribution in [0.3, 0.4) is 0 Å². The van der Waals surface area contributed by atoms with E-state index < -0.39 is 36.0 Å². The summed E-state index contributed by atoms with van der Waals surface area (Å²) in [4.78, 5) is 71.1. The summed E-state index contributed by atoms with van der Waals surface area (Å²) in [5.41, 5.74) is 0.344. The number of rotatable bonds is 10. The highest BCUT2D eigenvalue weighted by Crippen LogP contribution is 2.26. The molecular weight excluding hydrogens is 538 g/mol. The van der Waals surface area contributed by atoms with Gasteiger partial charge in [0.15, 0.2) is 6.61 Å². The van der Waals surface area contributed by atoms with Crippen LogP contribution in [0.2, 0.25) is 0 Å². The molecule has 0 saturated carbocycles. The lowest BCUT2D eigenvalue weighted by molar-refractivity contribution is -0.143. The first-order valence-electron chi connectivity index (χ1n) is 13.4. The second kappa shape index (κ2) is 13.3. The monoisotopic (exact) mass is 571 g/mol. The molecule has 41 heavy (non-hydrogen) atoms. The number of aliphatic carboxylic acids is 1. The van der Waals surface area contributed by atoms with E-state index in [9.17, 15) is 34.2 Å². The van der Waals surface area contributed by atoms with Crippen molar-refractivity contribution in [3.05, 3.63) is 36.0 Å². The summed E-state index contributed by atoms with van der Waals surface area (Å²) in [7, 11) is 0. The lowest BCUT2D eigenvalue weighted by Crippen LogP contribution is -2.56. The molecule has 2 aliphatic heterocycles. The Balaban J connectivity index is 1.48. The van der Waals surface area contributed by atoms with Crippen LogP contribution < -0.4 is 10.1 Å². The van der Waals surface area contributed by atoms with Crippen LogP contribution in [0.4, 0.5) is 4.79 Å². The number of amides is 4. The summed E-state index contributed by atoms with van der Waals surface area (Å²) in [5, 5.41) is 21.8. The van der Waals surface area contributed by atoms with Crippen molar-refractivity contribution in [1.29, 1.82) is 0 Å². The molecule has 0 radical (unpaired) electrons. The third kappa shape index (κ3) is 7.39. The Labute approximate surface area is 235 Å². The number of fused-ring (bicyclic) bond motifs is 1. The van der Waals surface area contributed by atoms with Crippen LogP contribution in [0.15, 0.2) is 30.3 Å². The molecule has 4 amide bonds. The van der Waals surface area contributed by atoms with E-state index >= 15 is 0 Å². The molecule has 2 saturated heterocycles. The zero-order chi connectivity index (χ0) is 29.5. The number of hydrogen-bond acceptors (Lipinski definition) is 9. The van der Waals surface area contributed by atoms with Crippen LogP contribution in [0, 0.1) is 0 Å². The van der Waals surface area contributed by atoms with Gasteiger partial charge in [0.2, 0.25) is 5.91 Å². The van der Waals surface area contributed by atoms with Gasteiger partial charge >= 0.3 is 12.1 Å². The number of piperazine rings is 1. The molecule has 1 aromatic carbocycles. The average Bonchev–Trinajstić information content (AvgIpc) is 2.95. The number of aromatic nitrogens is 1. The molecule has 0 aliphatic carbocycles. The van der Waals surface area contributed by atoms with E-state index in [2.05, 4.69) is 10.3 Å². The van der Waals surface area contributed by atoms with E-state index in [1.165, 1.54) is 20.8 Å². The molecule has 3 heterocycles. The van der Waals surface area contributed by atoms with Gasteiger partial charge in [-0.05, 0) is 25.5 Å². The molecule has 2 fully saturated rings. The summed E-state index contributed by atoms with van der Waals surface area (Å²) in [6.45, 7) is 2.98. The van der Waals surface area contributed by atoms with Crippen molar-refractivity contribution in [3.8, 4) is 5.75 Å². The highest BCUT2D eigenvalue weighted by Gasteiger charge is 2.32. The minimum absolute atomic E-state index is 0.0780. The zero-order valence-electron chi connectivity index (χ0n) is 22.7. The van der Waals surface area contributed by atoms with Crippen molar-refractivity contribution < 1.29 is 43.7 Å². The molecular formula is C27H33N5O9. The van der Waals surface area contributed by atoms with Crippen LogP contribution in [-0.4, -0.2) is 124 Å². The molecule has 14 heteroatoms. The normalized spacial score (nSPS) is 16.1. The Bertz CT molecular complexity index is 1310. The fraction of sp³-hybridized carbons (Fsp3) is 0.481. The summed E-state index contributed by atoms with van der Waals surface area (Å²) >= 11 is 0. The molecule has 4 rings (SSSR count). The predicted molar refractivity (Wildman–Crippen MR) is 143 cm³/mol. The third-order valence-electron chi connectivity index (χ3n) is 6.84. The number of carboxylic acid groups (broad SMARTS) is 1. The summed E-state index contributed by atoms with van der Waals surface area (Å²) < 4.78 is 10.7. The number of pyridine rings is 1. The quantitative estimate of drug-likeness (QED) is 0.354. The van der Waals surface area contributed by atoms with Crippen LogP contribution in [0.1, 0.15) is 30.3 Å². The number of aliphatic hydroxyl groups is 1. The summed E-state index contributed by atoms with van der Waals surface area (Å²) in [5.74, 6) is -2.39. The van der Waals surface area contributed by atoms with Crippen LogP contribution in [-0.2, 0) is 19.1 Å². The van der Waals surface area contributed by atoms with Gasteiger partial charge in [-0.2, -0.15) is 0 Å². The number of nitrogens with zero attached hydrogens (tertiary/aromatic N) is 4. The molecule has 2 aliphatic rings. The van der Waals surface area contributed by atoms with E-state index in [0.29, 0.717) is 10.9 Å². The van der Waals surface area contributed by atoms with Gasteiger partial charge in [0.05, 0.1) is 18.2 Å². The number of β-amino-alcohol motifs (C(OH)–C–C–N with tert-alkyl or cyclic N) is 1. The zero-order valence-corrected chi connectivity index (χ0v) is 22.7. The molecule has 220 valence electrons. The molecule has 0 unspecified atom stereocenters. The number of likely N-dealkylation sites (tertiary alicyclic amines) is 1. The van der Waals surface area contributed by atoms with Gasteiger partial charge in [-0.1, -0.05) is 12.1 Å². The van der Waals surface area contributed by atoms with Gasteiger partial charge in [0.1, 0.15) is 17.5 Å². The number of aliphatic hydroxyl groups excluding tert-OH is 1. The van der Waals surface area contributed by atoms with Crippen LogP contribution in [0.5, 0.6) is 5.75 Å². The lowest BCUT2D eigenvalue weighted by Gasteiger charge is -2.36. The van der Waals surface area contributed by atoms with Crippen molar-refractivity contribution in [2.75, 3.05) is 52.5 Å². The van der Waals surface area contributed by atoms with E-state index in [1.54, 1.807) is 31.2 Å². The van der Waals surface area contributed by atoms with Crippen molar-refractivity contribution in [2.24, 2.45) is 0 Å². The van der Waals surface area contributed by atoms with Gasteiger partial charge < -0.3 is 39.7 Å². The lowest BCUT2D eigenvalue weighted by atomic mass is 10.1. The Morgan fingerprint density at radius 2 is 1.73 bits per heavy atom. The molecule has 0 spiro atoms. The Morgan fingerprint density at radius 3 is 2.39 bits per heavy atom. The maximum absolute atomic E-state index is 13.3. The fourth-order valence-electron chi connectivity index (χ4n) is 4.57. The molecule has 1 aromatic heterocycles. The van der Waals surface area contributed by atoms with E-state index in [1.807, 2.05) is 0 Å². The molecule has 2 aromatic rings. The molecule has 14 nitrogen and oxygen atoms in total. The topological polar surface area (TPSA) is 179 Å². The minimum atomic E-state index is -1.15. The van der Waals surface area contributed by atoms with Gasteiger partial charge in [0.25, 0.3) is 11.8 Å². The van der Waals surface area contributed by atoms with Crippen molar-refractivity contribution >= 4 is 40.7 Å². The maximum atomic E-state index is 13.3. The Hall–Kier alpha value is -4.46. The minimum Gasteiger partial charge on any atom is -0.483 e. The average molecular weight is 572 g/mol. The predicted octanol–water partition coefficient (Wildman–Crippen LogP) is 0.0806. The van der Waals surface area contributed by atoms with Crippen molar-refractivity contribution in [1.82, 2.24) is 25.0 Å². The van der Waals surface area contributed by atoms with E-state index in [0.717, 1.165) is 0 Å². The number of carboxylic acids is 1. The Kier molecular flexibility index (Phi) is 9.55. The Morgan fingerprint density at radius 1 is 1.05 bits per heavy atom. The van der Waals surface area contributed by atoms with E-state index in [-0.39, 0.29) is 82.7 Å². The smallest absolute Gasteiger partial charge is 0.409 e. The molecule has 0 bridgehead atoms. The number of hydrogen-bond donors (Lipinski definition) is 3. The first-order chi connectivity index (χ1) is 19.7. The summed E-state index contributed by atoms with van der Waals surface area (Å²) in [6.07, 6.45) is -1.52. The van der Waals surface area contributed by atoms with Gasteiger partial charge in [0, 0.05) is 57.1 Å². The SMILES string of the molecule is CCOC(=O)N1CCN(C(=O)[C@H](CCC(=O)O)NC(=O)c2cc(OCC(=O)N3CC(O)C3)c3ccccc3n2)CC1. The first kappa shape index (κ1) is 29.5. The number of nitrogens with one attached hydrogen (secondary N) is 1. The highest BCUT2D eigenvalue weighted by molar-refractivity contribution is 5.99. The van der Waals surface area contributed by atoms with Crippen molar-refractivity contribution in [3.63, 3.8) is 0 Å².